The summed E-state index contributed by atoms with van der Waals surface area (Å²) in [6.07, 6.45) is 0. The molecule has 65 heavy (non-hydrogen) atoms. The first kappa shape index (κ1) is 38.7. The second-order valence-corrected chi connectivity index (χ2v) is 18.0. The number of hydrogen-bond donors (Lipinski definition) is 0. The van der Waals surface area contributed by atoms with Crippen LogP contribution in [0.15, 0.2) is 249 Å². The molecular weight excluding hydrogens is 783 g/mol. The van der Waals surface area contributed by atoms with Gasteiger partial charge in [0.1, 0.15) is 0 Å². The van der Waals surface area contributed by atoms with E-state index in [1.165, 1.54) is 89.0 Å². The maximum Gasteiger partial charge on any atom is 0.0719 e. The molecule has 0 radical (unpaired) electrons. The van der Waals surface area contributed by atoms with Gasteiger partial charge in [-0.2, -0.15) is 0 Å². The summed E-state index contributed by atoms with van der Waals surface area (Å²) in [5, 5.41) is 0. The van der Waals surface area contributed by atoms with E-state index >= 15 is 0 Å². The van der Waals surface area contributed by atoms with E-state index in [4.69, 9.17) is 0 Å². The molecule has 0 N–H and O–H groups in total. The Labute approximate surface area is 382 Å². The summed E-state index contributed by atoms with van der Waals surface area (Å²) >= 11 is 0. The first-order valence-corrected chi connectivity index (χ1v) is 22.8. The van der Waals surface area contributed by atoms with E-state index in [0.717, 1.165) is 17.1 Å². The van der Waals surface area contributed by atoms with Crippen LogP contribution in [-0.4, -0.2) is 0 Å². The summed E-state index contributed by atoms with van der Waals surface area (Å²) in [7, 11) is 0. The molecule has 0 amide bonds. The normalized spacial score (nSPS) is 13.6. The van der Waals surface area contributed by atoms with Crippen LogP contribution in [0.1, 0.15) is 47.2 Å². The van der Waals surface area contributed by atoms with Gasteiger partial charge in [0.2, 0.25) is 0 Å². The molecule has 10 aromatic rings. The van der Waals surface area contributed by atoms with Crippen molar-refractivity contribution < 1.29 is 0 Å². The maximum absolute atomic E-state index is 2.41. The van der Waals surface area contributed by atoms with Crippen LogP contribution < -0.4 is 4.90 Å². The van der Waals surface area contributed by atoms with Gasteiger partial charge in [-0.05, 0) is 131 Å². The third-order valence-corrected chi connectivity index (χ3v) is 14.1. The van der Waals surface area contributed by atoms with E-state index in [-0.39, 0.29) is 5.41 Å². The van der Waals surface area contributed by atoms with Crippen molar-refractivity contribution in [1.29, 1.82) is 0 Å². The van der Waals surface area contributed by atoms with Gasteiger partial charge < -0.3 is 4.90 Å². The van der Waals surface area contributed by atoms with Crippen LogP contribution in [0.3, 0.4) is 0 Å². The molecule has 0 atom stereocenters. The van der Waals surface area contributed by atoms with Gasteiger partial charge in [0, 0.05) is 22.5 Å². The fourth-order valence-electron chi connectivity index (χ4n) is 11.2. The van der Waals surface area contributed by atoms with Crippen molar-refractivity contribution >= 4 is 17.1 Å². The molecule has 0 unspecified atom stereocenters. The zero-order chi connectivity index (χ0) is 43.5. The topological polar surface area (TPSA) is 3.24 Å². The lowest BCUT2D eigenvalue weighted by atomic mass is 9.55. The van der Waals surface area contributed by atoms with Crippen molar-refractivity contribution in [2.75, 3.05) is 4.90 Å². The Morgan fingerprint density at radius 1 is 0.262 bits per heavy atom. The Balaban J connectivity index is 1.03. The SMILES string of the molecule is CC1(C)c2ccccc2C2(c3ccccc3-c3c(-c4ccc(N(c5ccc(-c6ccccc6)cc5)c5cc(-c6ccccc6)cc(-c6ccccc6)c5)cc4)cccc32)c2ccccc21. The first-order chi connectivity index (χ1) is 32.0. The average Bonchev–Trinajstić information content (AvgIpc) is 3.68. The molecule has 2 aliphatic carbocycles. The molecule has 2 aliphatic rings. The minimum Gasteiger partial charge on any atom is -0.310 e. The third-order valence-electron chi connectivity index (χ3n) is 14.1. The zero-order valence-electron chi connectivity index (χ0n) is 36.6. The van der Waals surface area contributed by atoms with Gasteiger partial charge in [0.15, 0.2) is 0 Å². The Morgan fingerprint density at radius 2 is 0.646 bits per heavy atom. The number of anilines is 3. The van der Waals surface area contributed by atoms with E-state index in [1.807, 2.05) is 0 Å². The van der Waals surface area contributed by atoms with Crippen molar-refractivity contribution in [3.05, 3.63) is 282 Å². The fourth-order valence-corrected chi connectivity index (χ4v) is 11.2. The smallest absolute Gasteiger partial charge is 0.0719 e. The lowest BCUT2D eigenvalue weighted by Crippen LogP contribution is -2.40. The lowest BCUT2D eigenvalue weighted by molar-refractivity contribution is 0.563. The van der Waals surface area contributed by atoms with Crippen LogP contribution in [0.5, 0.6) is 0 Å². The summed E-state index contributed by atoms with van der Waals surface area (Å²) in [5.74, 6) is 0. The summed E-state index contributed by atoms with van der Waals surface area (Å²) in [4.78, 5) is 2.41. The number of nitrogens with zero attached hydrogens (tertiary/aromatic N) is 1. The van der Waals surface area contributed by atoms with Gasteiger partial charge in [-0.25, -0.2) is 0 Å². The van der Waals surface area contributed by atoms with Crippen molar-refractivity contribution in [3.8, 4) is 55.6 Å². The Hall–Kier alpha value is -8.00. The largest absolute Gasteiger partial charge is 0.310 e. The molecule has 12 rings (SSSR count). The zero-order valence-corrected chi connectivity index (χ0v) is 36.6. The first-order valence-electron chi connectivity index (χ1n) is 22.8. The highest BCUT2D eigenvalue weighted by atomic mass is 15.1. The second-order valence-electron chi connectivity index (χ2n) is 18.0. The average molecular weight is 830 g/mol. The molecule has 1 heteroatoms. The molecule has 0 fully saturated rings. The van der Waals surface area contributed by atoms with Crippen LogP contribution in [0.2, 0.25) is 0 Å². The van der Waals surface area contributed by atoms with E-state index < -0.39 is 5.41 Å². The van der Waals surface area contributed by atoms with Gasteiger partial charge >= 0.3 is 0 Å². The molecule has 0 aromatic heterocycles. The highest BCUT2D eigenvalue weighted by Crippen LogP contribution is 2.63. The molecule has 0 aliphatic heterocycles. The van der Waals surface area contributed by atoms with E-state index in [0.29, 0.717) is 0 Å². The Kier molecular flexibility index (Phi) is 9.14. The van der Waals surface area contributed by atoms with Gasteiger partial charge in [0.05, 0.1) is 5.41 Å². The molecule has 308 valence electrons. The van der Waals surface area contributed by atoms with Crippen LogP contribution in [0, 0.1) is 0 Å². The molecular formula is C64H47N. The molecule has 0 heterocycles. The predicted octanol–water partition coefficient (Wildman–Crippen LogP) is 16.8. The van der Waals surface area contributed by atoms with Gasteiger partial charge in [0.25, 0.3) is 0 Å². The summed E-state index contributed by atoms with van der Waals surface area (Å²) < 4.78 is 0. The molecule has 10 aromatic carbocycles. The minimum absolute atomic E-state index is 0.139. The quantitative estimate of drug-likeness (QED) is 0.155. The van der Waals surface area contributed by atoms with E-state index in [1.54, 1.807) is 0 Å². The van der Waals surface area contributed by atoms with Gasteiger partial charge in [-0.15, -0.1) is 0 Å². The molecule has 1 nitrogen and oxygen atoms in total. The Bertz CT molecular complexity index is 3260. The second kappa shape index (κ2) is 15.4. The van der Waals surface area contributed by atoms with Crippen LogP contribution in [0.25, 0.3) is 55.6 Å². The summed E-state index contributed by atoms with van der Waals surface area (Å²) in [5.41, 5.74) is 23.1. The maximum atomic E-state index is 2.41. The van der Waals surface area contributed by atoms with Crippen molar-refractivity contribution in [2.45, 2.75) is 24.7 Å². The predicted molar refractivity (Wildman–Crippen MR) is 272 cm³/mol. The Morgan fingerprint density at radius 3 is 1.17 bits per heavy atom. The van der Waals surface area contributed by atoms with Crippen LogP contribution >= 0.6 is 0 Å². The van der Waals surface area contributed by atoms with Crippen LogP contribution in [-0.2, 0) is 10.8 Å². The molecule has 0 bridgehead atoms. The fraction of sp³-hybridized carbons (Fsp3) is 0.0625. The van der Waals surface area contributed by atoms with E-state index in [2.05, 4.69) is 267 Å². The molecule has 0 saturated heterocycles. The van der Waals surface area contributed by atoms with E-state index in [9.17, 15) is 0 Å². The number of benzene rings is 10. The monoisotopic (exact) mass is 829 g/mol. The minimum atomic E-state index is -0.437. The van der Waals surface area contributed by atoms with Crippen LogP contribution in [0.4, 0.5) is 17.1 Å². The highest BCUT2D eigenvalue weighted by Gasteiger charge is 2.53. The van der Waals surface area contributed by atoms with Gasteiger partial charge in [-0.1, -0.05) is 220 Å². The molecule has 1 spiro atoms. The highest BCUT2D eigenvalue weighted by molar-refractivity contribution is 5.97. The van der Waals surface area contributed by atoms with Crippen molar-refractivity contribution in [1.82, 2.24) is 0 Å². The number of fused-ring (bicyclic) bond motifs is 9. The third kappa shape index (κ3) is 6.15. The number of rotatable bonds is 7. The standard InChI is InChI=1S/C64H47N/c1-63(2)57-28-14-16-30-59(57)64(60-31-17-15-29-58(60)63)56-27-13-12-25-55(56)62-54(26-18-32-61(62)64)48-35-39-52(40-36-48)65(51-37-33-47(34-38-51)44-19-6-3-7-20-44)53-42-49(45-21-8-4-9-22-45)41-50(43-53)46-23-10-5-11-24-46/h3-43H,1-2H3. The van der Waals surface area contributed by atoms with Crippen molar-refractivity contribution in [3.63, 3.8) is 0 Å². The molecule has 0 saturated carbocycles. The lowest BCUT2D eigenvalue weighted by Gasteiger charge is -2.46. The number of hydrogen-bond acceptors (Lipinski definition) is 1. The van der Waals surface area contributed by atoms with Crippen molar-refractivity contribution in [2.24, 2.45) is 0 Å². The summed E-state index contributed by atoms with van der Waals surface area (Å²) in [6, 6.07) is 91.9. The summed E-state index contributed by atoms with van der Waals surface area (Å²) in [6.45, 7) is 4.77. The van der Waals surface area contributed by atoms with Gasteiger partial charge in [-0.3, -0.25) is 0 Å².